The normalized spacial score (nSPS) is 14.3. The molecule has 0 aromatic heterocycles. The van der Waals surface area contributed by atoms with Crippen molar-refractivity contribution in [3.63, 3.8) is 0 Å². The summed E-state index contributed by atoms with van der Waals surface area (Å²) in [6.45, 7) is 13.8. The van der Waals surface area contributed by atoms with Crippen LogP contribution in [0.1, 0.15) is 74.9 Å². The van der Waals surface area contributed by atoms with Crippen LogP contribution in [0.5, 0.6) is 0 Å². The Hall–Kier alpha value is -1.66. The molecule has 0 amide bonds. The fourth-order valence-corrected chi connectivity index (χ4v) is 15.7. The van der Waals surface area contributed by atoms with Crippen LogP contribution in [-0.2, 0) is 41.6 Å². The average molecular weight is 605 g/mol. The van der Waals surface area contributed by atoms with Gasteiger partial charge in [-0.15, -0.1) is 0 Å². The van der Waals surface area contributed by atoms with Gasteiger partial charge < -0.3 is 0 Å². The van der Waals surface area contributed by atoms with Crippen molar-refractivity contribution in [3.8, 4) is 22.3 Å². The predicted molar refractivity (Wildman–Crippen MR) is 158 cm³/mol. The average Bonchev–Trinajstić information content (AvgIpc) is 3.40. The first-order chi connectivity index (χ1) is 17.4. The molecule has 0 unspecified atom stereocenters. The summed E-state index contributed by atoms with van der Waals surface area (Å²) in [6.07, 6.45) is 1.82. The first-order valence-electron chi connectivity index (χ1n) is 13.3. The van der Waals surface area contributed by atoms with E-state index in [-0.39, 0.29) is 10.8 Å². The van der Waals surface area contributed by atoms with Crippen molar-refractivity contribution >= 4 is 23.6 Å². The molecule has 2 aliphatic carbocycles. The Bertz CT molecular complexity index is 1450. The van der Waals surface area contributed by atoms with Gasteiger partial charge in [-0.1, -0.05) is 0 Å². The number of benzene rings is 4. The molecule has 0 nitrogen and oxygen atoms in total. The van der Waals surface area contributed by atoms with Gasteiger partial charge in [-0.25, -0.2) is 0 Å². The molecule has 3 heteroatoms. The van der Waals surface area contributed by atoms with Crippen LogP contribution in [-0.4, -0.2) is 0 Å². The van der Waals surface area contributed by atoms with Crippen molar-refractivity contribution in [1.82, 2.24) is 0 Å². The summed E-state index contributed by atoms with van der Waals surface area (Å²) >= 11 is -4.04. The summed E-state index contributed by atoms with van der Waals surface area (Å²) in [5.41, 5.74) is 13.8. The van der Waals surface area contributed by atoms with Crippen molar-refractivity contribution in [1.29, 1.82) is 0 Å². The molecule has 4 aromatic rings. The Kier molecular flexibility index (Phi) is 6.00. The van der Waals surface area contributed by atoms with Crippen LogP contribution in [0.2, 0.25) is 0 Å². The summed E-state index contributed by atoms with van der Waals surface area (Å²) in [5.74, 6) is 0. The second-order valence-electron chi connectivity index (χ2n) is 12.8. The van der Waals surface area contributed by atoms with E-state index in [2.05, 4.69) is 114 Å². The molecule has 0 spiro atoms. The fourth-order valence-electron chi connectivity index (χ4n) is 6.48. The molecule has 4 aromatic carbocycles. The van der Waals surface area contributed by atoms with Gasteiger partial charge in [0.15, 0.2) is 0 Å². The number of rotatable bonds is 2. The molecule has 37 heavy (non-hydrogen) atoms. The van der Waals surface area contributed by atoms with E-state index < -0.39 is 17.9 Å². The minimum absolute atomic E-state index is 0.0358. The van der Waals surface area contributed by atoms with Gasteiger partial charge in [0.05, 0.1) is 0 Å². The van der Waals surface area contributed by atoms with Crippen molar-refractivity contribution in [2.75, 3.05) is 0 Å². The fraction of sp³-hybridized carbons (Fsp3) is 0.294. The van der Waals surface area contributed by atoms with Crippen LogP contribution in [0, 0.1) is 0 Å². The Balaban J connectivity index is 1.60. The molecule has 0 atom stereocenters. The van der Waals surface area contributed by atoms with Gasteiger partial charge in [-0.3, -0.25) is 0 Å². The Morgan fingerprint density at radius 1 is 0.541 bits per heavy atom. The molecule has 6 rings (SSSR count). The molecule has 2 aliphatic rings. The van der Waals surface area contributed by atoms with Gasteiger partial charge >= 0.3 is 235 Å². The van der Waals surface area contributed by atoms with Crippen LogP contribution in [0.4, 0.5) is 0 Å². The van der Waals surface area contributed by atoms with Crippen LogP contribution < -0.4 is 6.54 Å². The van der Waals surface area contributed by atoms with E-state index in [0.717, 1.165) is 12.8 Å². The molecular weight excluding hydrogens is 571 g/mol. The number of hydrogen-bond acceptors (Lipinski definition) is 0. The van der Waals surface area contributed by atoms with E-state index in [4.69, 9.17) is 17.0 Å². The number of fused-ring (bicyclic) bond motifs is 6. The molecule has 0 saturated heterocycles. The minimum atomic E-state index is -4.04. The molecule has 0 fully saturated rings. The monoisotopic (exact) mass is 602 g/mol. The van der Waals surface area contributed by atoms with Gasteiger partial charge in [0.2, 0.25) is 0 Å². The molecular formula is C34H34Cl2Zr. The van der Waals surface area contributed by atoms with Crippen molar-refractivity contribution < 1.29 is 17.9 Å². The van der Waals surface area contributed by atoms with E-state index in [1.54, 1.807) is 0 Å². The third-order valence-corrected chi connectivity index (χ3v) is 18.7. The third kappa shape index (κ3) is 4.04. The molecule has 0 saturated carbocycles. The predicted octanol–water partition coefficient (Wildman–Crippen LogP) is 8.84. The molecule has 188 valence electrons. The second-order valence-corrected chi connectivity index (χ2v) is 26.1. The van der Waals surface area contributed by atoms with E-state index >= 15 is 0 Å². The van der Waals surface area contributed by atoms with Crippen LogP contribution in [0.3, 0.4) is 0 Å². The van der Waals surface area contributed by atoms with Gasteiger partial charge in [-0.05, 0) is 0 Å². The molecule has 0 radical (unpaired) electrons. The van der Waals surface area contributed by atoms with Crippen LogP contribution >= 0.6 is 17.0 Å². The van der Waals surface area contributed by atoms with Crippen molar-refractivity contribution in [3.05, 3.63) is 106 Å². The van der Waals surface area contributed by atoms with Gasteiger partial charge in [0, 0.05) is 0 Å². The maximum atomic E-state index is 7.75. The second kappa shape index (κ2) is 8.67. The summed E-state index contributed by atoms with van der Waals surface area (Å²) in [4.78, 5) is 0. The molecule has 0 heterocycles. The quantitative estimate of drug-likeness (QED) is 0.185. The first-order valence-corrected chi connectivity index (χ1v) is 22.1. The van der Waals surface area contributed by atoms with Gasteiger partial charge in [0.25, 0.3) is 0 Å². The molecule has 0 N–H and O–H groups in total. The number of hydrogen-bond donors (Lipinski definition) is 0. The molecule has 0 aliphatic heterocycles. The van der Waals surface area contributed by atoms with E-state index in [1.807, 2.05) is 0 Å². The SMILES string of the molecule is CC(C)(C)c1cc[c]([Zr]([Cl])([Cl])[c]2ccc(C(C)(C)C)c3c2Cc2ccccc2-3)c2c1-c1ccccc1C2. The zero-order chi connectivity index (χ0) is 26.3. The Morgan fingerprint density at radius 2 is 0.919 bits per heavy atom. The van der Waals surface area contributed by atoms with Gasteiger partial charge in [-0.2, -0.15) is 0 Å². The standard InChI is InChI=1S/2C17H17.2ClH.Zr/c2*1-17(2,3)15-10-6-8-13-11-12-7-4-5-9-14(12)16(13)15;;;/h2*4-7,9-10H,11H2,1-3H3;2*1H;/q;;;;+2/p-2. The van der Waals surface area contributed by atoms with Crippen molar-refractivity contribution in [2.45, 2.75) is 65.2 Å². The summed E-state index contributed by atoms with van der Waals surface area (Å²) in [6, 6.07) is 26.9. The first kappa shape index (κ1) is 25.6. The topological polar surface area (TPSA) is 0 Å². The van der Waals surface area contributed by atoms with Gasteiger partial charge in [0.1, 0.15) is 0 Å². The Morgan fingerprint density at radius 3 is 1.30 bits per heavy atom. The van der Waals surface area contributed by atoms with Crippen LogP contribution in [0.25, 0.3) is 22.3 Å². The Labute approximate surface area is 233 Å². The number of halogens is 2. The third-order valence-electron chi connectivity index (χ3n) is 8.23. The zero-order valence-electron chi connectivity index (χ0n) is 22.6. The van der Waals surface area contributed by atoms with Crippen molar-refractivity contribution in [2.24, 2.45) is 0 Å². The van der Waals surface area contributed by atoms with Crippen LogP contribution in [0.15, 0.2) is 72.8 Å². The maximum absolute atomic E-state index is 7.75. The summed E-state index contributed by atoms with van der Waals surface area (Å²) in [7, 11) is 15.5. The van der Waals surface area contributed by atoms with E-state index in [9.17, 15) is 0 Å². The zero-order valence-corrected chi connectivity index (χ0v) is 26.6. The summed E-state index contributed by atoms with van der Waals surface area (Å²) < 4.78 is 2.44. The van der Waals surface area contributed by atoms with E-state index in [0.29, 0.717) is 0 Å². The molecule has 0 bridgehead atoms. The summed E-state index contributed by atoms with van der Waals surface area (Å²) in [5, 5.41) is 0. The van der Waals surface area contributed by atoms with E-state index in [1.165, 1.54) is 62.2 Å².